The Morgan fingerprint density at radius 1 is 1.53 bits per heavy atom. The van der Waals surface area contributed by atoms with Crippen molar-refractivity contribution in [1.29, 1.82) is 0 Å². The second kappa shape index (κ2) is 4.86. The Bertz CT molecular complexity index is 235. The van der Waals surface area contributed by atoms with Crippen molar-refractivity contribution in [2.75, 3.05) is 6.61 Å². The summed E-state index contributed by atoms with van der Waals surface area (Å²) in [5, 5.41) is 39.1. The van der Waals surface area contributed by atoms with Crippen LogP contribution in [-0.2, 0) is 9.53 Å². The van der Waals surface area contributed by atoms with E-state index >= 15 is 0 Å². The first kappa shape index (κ1) is 12.3. The summed E-state index contributed by atoms with van der Waals surface area (Å²) in [6.45, 7) is 0.635. The fraction of sp³-hybridized carbons (Fsp3) is 0.875. The third-order valence-corrected chi connectivity index (χ3v) is 2.24. The lowest BCUT2D eigenvalue weighted by molar-refractivity contribution is -0.141. The van der Waals surface area contributed by atoms with Crippen LogP contribution in [0.5, 0.6) is 0 Å². The van der Waals surface area contributed by atoms with Gasteiger partial charge in [-0.3, -0.25) is 4.79 Å². The van der Waals surface area contributed by atoms with Gasteiger partial charge in [-0.2, -0.15) is 0 Å². The van der Waals surface area contributed by atoms with Gasteiger partial charge in [-0.25, -0.2) is 0 Å². The maximum absolute atomic E-state index is 10.7. The summed E-state index contributed by atoms with van der Waals surface area (Å²) < 4.78 is 4.82. The van der Waals surface area contributed by atoms with E-state index in [2.05, 4.69) is 5.32 Å². The molecular formula is C8H15NO6. The molecule has 1 rings (SSSR count). The summed E-state index contributed by atoms with van der Waals surface area (Å²) in [4.78, 5) is 10.7. The average molecular weight is 221 g/mol. The molecule has 0 radical (unpaired) electrons. The van der Waals surface area contributed by atoms with E-state index in [1.54, 1.807) is 0 Å². The first-order valence-corrected chi connectivity index (χ1v) is 4.55. The second-order valence-electron chi connectivity index (χ2n) is 3.46. The van der Waals surface area contributed by atoms with Gasteiger partial charge >= 0.3 is 0 Å². The van der Waals surface area contributed by atoms with Gasteiger partial charge in [-0.1, -0.05) is 0 Å². The molecule has 1 fully saturated rings. The monoisotopic (exact) mass is 221 g/mol. The van der Waals surface area contributed by atoms with Crippen LogP contribution >= 0.6 is 0 Å². The minimum absolute atomic E-state index is 0.430. The summed E-state index contributed by atoms with van der Waals surface area (Å²) in [6, 6.07) is -0.992. The average Bonchev–Trinajstić information content (AvgIpc) is 2.44. The Morgan fingerprint density at radius 3 is 2.60 bits per heavy atom. The van der Waals surface area contributed by atoms with Gasteiger partial charge in [0.05, 0.1) is 6.61 Å². The third-order valence-electron chi connectivity index (χ3n) is 2.24. The van der Waals surface area contributed by atoms with E-state index in [-0.39, 0.29) is 0 Å². The SMILES string of the molecule is CC(=O)N[C@H]1[C@@H](O)[C@@H]([C@H](O)CO)O[C@H]1O. The maximum atomic E-state index is 10.7. The van der Waals surface area contributed by atoms with Crippen LogP contribution in [0.25, 0.3) is 0 Å². The number of hydrogen-bond donors (Lipinski definition) is 5. The molecule has 1 aliphatic heterocycles. The van der Waals surface area contributed by atoms with Crippen LogP contribution in [0.2, 0.25) is 0 Å². The van der Waals surface area contributed by atoms with E-state index in [0.29, 0.717) is 0 Å². The zero-order valence-electron chi connectivity index (χ0n) is 8.20. The van der Waals surface area contributed by atoms with Crippen molar-refractivity contribution in [3.8, 4) is 0 Å². The number of carbonyl (C=O) groups excluding carboxylic acids is 1. The predicted octanol–water partition coefficient (Wildman–Crippen LogP) is -3.08. The molecule has 1 heterocycles. The van der Waals surface area contributed by atoms with Crippen molar-refractivity contribution in [3.05, 3.63) is 0 Å². The highest BCUT2D eigenvalue weighted by atomic mass is 16.6. The Morgan fingerprint density at radius 2 is 2.13 bits per heavy atom. The Balaban J connectivity index is 2.65. The van der Waals surface area contributed by atoms with Gasteiger partial charge in [0.2, 0.25) is 5.91 Å². The number of rotatable bonds is 3. The molecular weight excluding hydrogens is 206 g/mol. The first-order valence-electron chi connectivity index (χ1n) is 4.55. The Kier molecular flexibility index (Phi) is 4.00. The molecule has 1 saturated heterocycles. The van der Waals surface area contributed by atoms with Crippen molar-refractivity contribution in [2.45, 2.75) is 37.6 Å². The smallest absolute Gasteiger partial charge is 0.217 e. The third kappa shape index (κ3) is 2.64. The molecule has 0 unspecified atom stereocenters. The van der Waals surface area contributed by atoms with E-state index in [4.69, 9.17) is 9.84 Å². The van der Waals surface area contributed by atoms with Crippen LogP contribution in [0.15, 0.2) is 0 Å². The molecule has 1 amide bonds. The van der Waals surface area contributed by atoms with Gasteiger partial charge < -0.3 is 30.5 Å². The first-order chi connectivity index (χ1) is 6.97. The number of aliphatic hydroxyl groups excluding tert-OH is 4. The van der Waals surface area contributed by atoms with Crippen molar-refractivity contribution in [3.63, 3.8) is 0 Å². The highest BCUT2D eigenvalue weighted by Gasteiger charge is 2.46. The summed E-state index contributed by atoms with van der Waals surface area (Å²) in [7, 11) is 0. The van der Waals surface area contributed by atoms with Crippen LogP contribution in [0.1, 0.15) is 6.92 Å². The van der Waals surface area contributed by atoms with E-state index in [1.807, 2.05) is 0 Å². The largest absolute Gasteiger partial charge is 0.394 e. The Labute approximate surface area is 86.3 Å². The highest BCUT2D eigenvalue weighted by Crippen LogP contribution is 2.22. The molecule has 88 valence electrons. The van der Waals surface area contributed by atoms with Gasteiger partial charge in [-0.05, 0) is 0 Å². The standard InChI is InChI=1S/C8H15NO6/c1-3(11)9-5-6(13)7(4(12)2-10)15-8(5)14/h4-8,10,12-14H,2H2,1H3,(H,9,11)/t4-,5+,6-,7-,8-/m1/s1. The molecule has 0 bridgehead atoms. The molecule has 5 atom stereocenters. The van der Waals surface area contributed by atoms with Crippen LogP contribution in [0.4, 0.5) is 0 Å². The van der Waals surface area contributed by atoms with Gasteiger partial charge in [0.25, 0.3) is 0 Å². The van der Waals surface area contributed by atoms with Crippen molar-refractivity contribution in [2.24, 2.45) is 0 Å². The molecule has 0 aliphatic carbocycles. The number of nitrogens with one attached hydrogen (secondary N) is 1. The lowest BCUT2D eigenvalue weighted by Gasteiger charge is -2.20. The van der Waals surface area contributed by atoms with E-state index in [0.717, 1.165) is 0 Å². The predicted molar refractivity (Wildman–Crippen MR) is 47.6 cm³/mol. The summed E-state index contributed by atoms with van der Waals surface area (Å²) in [5.74, 6) is -0.430. The van der Waals surface area contributed by atoms with E-state index < -0.39 is 43.2 Å². The number of carbonyl (C=O) groups is 1. The number of hydrogen-bond acceptors (Lipinski definition) is 6. The van der Waals surface area contributed by atoms with Crippen molar-refractivity contribution in [1.82, 2.24) is 5.32 Å². The van der Waals surface area contributed by atoms with Gasteiger partial charge in [0.1, 0.15) is 24.4 Å². The fourth-order valence-corrected chi connectivity index (χ4v) is 1.51. The minimum Gasteiger partial charge on any atom is -0.394 e. The van der Waals surface area contributed by atoms with Crippen LogP contribution in [0.3, 0.4) is 0 Å². The maximum Gasteiger partial charge on any atom is 0.217 e. The van der Waals surface area contributed by atoms with E-state index in [9.17, 15) is 20.1 Å². The lowest BCUT2D eigenvalue weighted by atomic mass is 10.0. The Hall–Kier alpha value is -0.730. The molecule has 0 aromatic carbocycles. The van der Waals surface area contributed by atoms with E-state index in [1.165, 1.54) is 6.92 Å². The number of ether oxygens (including phenoxy) is 1. The molecule has 15 heavy (non-hydrogen) atoms. The van der Waals surface area contributed by atoms with Crippen LogP contribution < -0.4 is 5.32 Å². The van der Waals surface area contributed by atoms with Gasteiger partial charge in [0.15, 0.2) is 6.29 Å². The minimum atomic E-state index is -1.39. The molecule has 5 N–H and O–H groups in total. The summed E-state index contributed by atoms with van der Waals surface area (Å²) in [5.41, 5.74) is 0. The molecule has 7 nitrogen and oxygen atoms in total. The zero-order chi connectivity index (χ0) is 11.6. The molecule has 0 spiro atoms. The van der Waals surface area contributed by atoms with Crippen molar-refractivity contribution >= 4 is 5.91 Å². The molecule has 0 saturated carbocycles. The van der Waals surface area contributed by atoms with Crippen LogP contribution in [0, 0.1) is 0 Å². The quantitative estimate of drug-likeness (QED) is 0.345. The molecule has 1 aliphatic rings. The molecule has 7 heteroatoms. The van der Waals surface area contributed by atoms with Gasteiger partial charge in [-0.15, -0.1) is 0 Å². The topological polar surface area (TPSA) is 119 Å². The van der Waals surface area contributed by atoms with Crippen LogP contribution in [-0.4, -0.2) is 63.6 Å². The highest BCUT2D eigenvalue weighted by molar-refractivity contribution is 5.73. The second-order valence-corrected chi connectivity index (χ2v) is 3.46. The number of aliphatic hydroxyl groups is 4. The summed E-state index contributed by atoms with van der Waals surface area (Å²) >= 11 is 0. The van der Waals surface area contributed by atoms with Gasteiger partial charge in [0, 0.05) is 6.92 Å². The summed E-state index contributed by atoms with van der Waals surface area (Å²) in [6.07, 6.45) is -5.06. The zero-order valence-corrected chi connectivity index (χ0v) is 8.20. The molecule has 0 aromatic heterocycles. The normalized spacial score (nSPS) is 37.7. The fourth-order valence-electron chi connectivity index (χ4n) is 1.51. The van der Waals surface area contributed by atoms with Crippen molar-refractivity contribution < 1.29 is 30.0 Å². The number of amides is 1. The lowest BCUT2D eigenvalue weighted by Crippen LogP contribution is -2.48. The molecule has 0 aromatic rings.